The van der Waals surface area contributed by atoms with Gasteiger partial charge in [0.15, 0.2) is 5.60 Å². The summed E-state index contributed by atoms with van der Waals surface area (Å²) in [5.41, 5.74) is 2.37. The number of amides is 2. The van der Waals surface area contributed by atoms with Crippen molar-refractivity contribution < 1.29 is 41.0 Å². The lowest BCUT2D eigenvalue weighted by Crippen LogP contribution is -2.48. The molecule has 2 amide bonds. The summed E-state index contributed by atoms with van der Waals surface area (Å²) in [6, 6.07) is 9.75. The van der Waals surface area contributed by atoms with Crippen LogP contribution in [0.25, 0.3) is 27.4 Å². The number of hydrogen-bond donors (Lipinski definition) is 3. The Morgan fingerprint density at radius 1 is 1.07 bits per heavy atom. The normalized spacial score (nSPS) is 17.5. The Labute approximate surface area is 249 Å². The van der Waals surface area contributed by atoms with E-state index in [1.165, 1.54) is 42.6 Å². The molecule has 1 aromatic carbocycles. The highest BCUT2D eigenvalue weighted by Crippen LogP contribution is 2.42. The van der Waals surface area contributed by atoms with Crippen molar-refractivity contribution in [3.63, 3.8) is 0 Å². The van der Waals surface area contributed by atoms with E-state index in [9.17, 15) is 41.0 Å². The van der Waals surface area contributed by atoms with Gasteiger partial charge >= 0.3 is 12.4 Å². The number of nitrogens with one attached hydrogen (secondary N) is 1. The number of likely N-dealkylation sites (tertiary alicyclic amines) is 1. The average molecular weight is 636 g/mol. The number of carbonyl (C=O) groups is 2. The van der Waals surface area contributed by atoms with Crippen LogP contribution in [0.3, 0.4) is 0 Å². The van der Waals surface area contributed by atoms with Gasteiger partial charge in [-0.2, -0.15) is 26.3 Å². The van der Waals surface area contributed by atoms with Crippen LogP contribution in [0.5, 0.6) is 0 Å². The minimum absolute atomic E-state index is 0.0236. The van der Waals surface area contributed by atoms with Crippen LogP contribution in [-0.4, -0.2) is 56.7 Å². The Hall–Kier alpha value is -4.50. The summed E-state index contributed by atoms with van der Waals surface area (Å²) < 4.78 is 81.5. The molecule has 4 N–H and O–H groups in total. The second-order valence-corrected chi connectivity index (χ2v) is 11.3. The van der Waals surface area contributed by atoms with Gasteiger partial charge in [0, 0.05) is 46.6 Å². The van der Waals surface area contributed by atoms with Crippen LogP contribution in [0.2, 0.25) is 0 Å². The summed E-state index contributed by atoms with van der Waals surface area (Å²) in [6.07, 6.45) is -4.95. The van der Waals surface area contributed by atoms with Gasteiger partial charge in [0.25, 0.3) is 5.91 Å². The number of pyridine rings is 2. The van der Waals surface area contributed by atoms with Crippen molar-refractivity contribution in [3.8, 4) is 11.3 Å². The van der Waals surface area contributed by atoms with Gasteiger partial charge in [-0.25, -0.2) is 4.98 Å². The maximum atomic E-state index is 14.1. The van der Waals surface area contributed by atoms with E-state index in [1.54, 1.807) is 12.1 Å². The summed E-state index contributed by atoms with van der Waals surface area (Å²) in [7, 11) is 0. The minimum atomic E-state index is -4.90. The molecule has 44 heavy (non-hydrogen) atoms. The standard InChI is InChI=1S/C29H23F6N5O3S/c30-28(31,32)21-11-18(22-4-3-17(13-37-22)26(42)40-8-7-27(43,15-40)29(33,34)35)9-19-10-20(44-25(19)21)14-39-24(41)6-2-16-1-5-23(36)38-12-16/h1-6,9-13,43H,7-8,14-15H2,(H2,36,38)(H,39,41)/b6-2+. The van der Waals surface area contributed by atoms with E-state index < -0.39 is 48.3 Å². The van der Waals surface area contributed by atoms with Crippen molar-refractivity contribution in [2.75, 3.05) is 18.8 Å². The molecule has 1 saturated heterocycles. The average Bonchev–Trinajstić information content (AvgIpc) is 3.58. The molecular weight excluding hydrogens is 612 g/mol. The molecule has 1 atom stereocenters. The van der Waals surface area contributed by atoms with E-state index >= 15 is 0 Å². The number of aliphatic hydroxyl groups is 1. The molecule has 4 aromatic rings. The van der Waals surface area contributed by atoms with Crippen molar-refractivity contribution >= 4 is 45.1 Å². The molecular formula is C29H23F6N5O3S. The van der Waals surface area contributed by atoms with Crippen LogP contribution in [0, 0.1) is 0 Å². The number of rotatable bonds is 6. The first-order chi connectivity index (χ1) is 20.6. The third-order valence-electron chi connectivity index (χ3n) is 7.01. The summed E-state index contributed by atoms with van der Waals surface area (Å²) in [5, 5.41) is 12.7. The Bertz CT molecular complexity index is 1740. The van der Waals surface area contributed by atoms with E-state index in [0.29, 0.717) is 16.3 Å². The lowest BCUT2D eigenvalue weighted by atomic mass is 10.0. The Morgan fingerprint density at radius 2 is 1.84 bits per heavy atom. The molecule has 0 radical (unpaired) electrons. The molecule has 8 nitrogen and oxygen atoms in total. The second-order valence-electron chi connectivity index (χ2n) is 10.2. The first kappa shape index (κ1) is 30.9. The number of aromatic nitrogens is 2. The zero-order valence-corrected chi connectivity index (χ0v) is 23.4. The smallest absolute Gasteiger partial charge is 0.384 e. The maximum absolute atomic E-state index is 14.1. The quantitative estimate of drug-likeness (QED) is 0.192. The van der Waals surface area contributed by atoms with Gasteiger partial charge in [-0.15, -0.1) is 11.3 Å². The third kappa shape index (κ3) is 6.53. The van der Waals surface area contributed by atoms with E-state index in [0.717, 1.165) is 28.5 Å². The van der Waals surface area contributed by atoms with Crippen LogP contribution in [0.1, 0.15) is 32.8 Å². The van der Waals surface area contributed by atoms with Crippen LogP contribution >= 0.6 is 11.3 Å². The molecule has 0 bridgehead atoms. The molecule has 0 aliphatic carbocycles. The first-order valence-electron chi connectivity index (χ1n) is 13.0. The predicted octanol–water partition coefficient (Wildman–Crippen LogP) is 5.43. The van der Waals surface area contributed by atoms with Gasteiger partial charge in [-0.1, -0.05) is 0 Å². The van der Waals surface area contributed by atoms with Crippen LogP contribution in [-0.2, 0) is 17.5 Å². The fourth-order valence-electron chi connectivity index (χ4n) is 4.64. The second kappa shape index (κ2) is 11.5. The molecule has 3 aromatic heterocycles. The molecule has 5 rings (SSSR count). The largest absolute Gasteiger partial charge is 0.419 e. The summed E-state index contributed by atoms with van der Waals surface area (Å²) in [5.74, 6) is -0.933. The predicted molar refractivity (Wildman–Crippen MR) is 151 cm³/mol. The highest BCUT2D eigenvalue weighted by atomic mass is 32.1. The van der Waals surface area contributed by atoms with Gasteiger partial charge in [-0.05, 0) is 59.5 Å². The number of alkyl halides is 6. The topological polar surface area (TPSA) is 121 Å². The van der Waals surface area contributed by atoms with Crippen molar-refractivity contribution in [2.45, 2.75) is 30.9 Å². The number of thiophene rings is 1. The maximum Gasteiger partial charge on any atom is 0.419 e. The number of hydrogen-bond acceptors (Lipinski definition) is 7. The van der Waals surface area contributed by atoms with E-state index in [4.69, 9.17) is 5.73 Å². The van der Waals surface area contributed by atoms with Crippen LogP contribution in [0.15, 0.2) is 60.9 Å². The van der Waals surface area contributed by atoms with Gasteiger partial charge < -0.3 is 21.1 Å². The molecule has 0 saturated carbocycles. The van der Waals surface area contributed by atoms with Gasteiger partial charge in [0.05, 0.1) is 29.9 Å². The summed E-state index contributed by atoms with van der Waals surface area (Å²) >= 11 is 0.881. The lowest BCUT2D eigenvalue weighted by molar-refractivity contribution is -0.253. The van der Waals surface area contributed by atoms with E-state index in [2.05, 4.69) is 15.3 Å². The molecule has 15 heteroatoms. The molecule has 0 spiro atoms. The zero-order valence-electron chi connectivity index (χ0n) is 22.5. The lowest BCUT2D eigenvalue weighted by Gasteiger charge is -2.25. The van der Waals surface area contributed by atoms with E-state index in [1.807, 2.05) is 0 Å². The van der Waals surface area contributed by atoms with E-state index in [-0.39, 0.29) is 40.0 Å². The van der Waals surface area contributed by atoms with Crippen LogP contribution in [0.4, 0.5) is 32.2 Å². The number of fused-ring (bicyclic) bond motifs is 1. The number of β-amino-alcohol motifs (C(OH)–C–C–N with tert-alkyl or cyclic N) is 1. The minimum Gasteiger partial charge on any atom is -0.384 e. The first-order valence-corrected chi connectivity index (χ1v) is 13.8. The molecule has 1 fully saturated rings. The molecule has 1 unspecified atom stereocenters. The Balaban J connectivity index is 1.33. The zero-order chi connectivity index (χ0) is 31.9. The Kier molecular flexibility index (Phi) is 8.11. The molecule has 230 valence electrons. The highest BCUT2D eigenvalue weighted by Gasteiger charge is 2.57. The fraction of sp³-hybridized carbons (Fsp3) is 0.241. The fourth-order valence-corrected chi connectivity index (χ4v) is 5.76. The number of nitrogen functional groups attached to an aromatic ring is 1. The van der Waals surface area contributed by atoms with Gasteiger partial charge in [-0.3, -0.25) is 14.6 Å². The number of nitrogens with zero attached hydrogens (tertiary/aromatic N) is 3. The molecule has 1 aliphatic heterocycles. The molecule has 1 aliphatic rings. The van der Waals surface area contributed by atoms with Gasteiger partial charge in [0.2, 0.25) is 5.91 Å². The number of nitrogens with two attached hydrogens (primary N) is 1. The highest BCUT2D eigenvalue weighted by molar-refractivity contribution is 7.19. The van der Waals surface area contributed by atoms with Crippen molar-refractivity contribution in [2.24, 2.45) is 0 Å². The van der Waals surface area contributed by atoms with Crippen molar-refractivity contribution in [1.29, 1.82) is 0 Å². The van der Waals surface area contributed by atoms with Gasteiger partial charge in [0.1, 0.15) is 5.82 Å². The monoisotopic (exact) mass is 635 g/mol. The SMILES string of the molecule is Nc1ccc(/C=C/C(=O)NCc2cc3cc(-c4ccc(C(=O)N5CCC(O)(C(F)(F)F)C5)cn4)cc(C(F)(F)F)c3s2)cn1. The Morgan fingerprint density at radius 3 is 2.45 bits per heavy atom. The summed E-state index contributed by atoms with van der Waals surface area (Å²) in [4.78, 5) is 34.3. The number of halogens is 6. The van der Waals surface area contributed by atoms with Crippen LogP contribution < -0.4 is 11.1 Å². The van der Waals surface area contributed by atoms with Crippen molar-refractivity contribution in [3.05, 3.63) is 82.5 Å². The van der Waals surface area contributed by atoms with Crippen molar-refractivity contribution in [1.82, 2.24) is 20.2 Å². The number of carbonyl (C=O) groups excluding carboxylic acids is 2. The third-order valence-corrected chi connectivity index (χ3v) is 8.20. The number of benzene rings is 1. The molecule has 4 heterocycles. The number of anilines is 1. The summed E-state index contributed by atoms with van der Waals surface area (Å²) in [6.45, 7) is -1.27.